The fourth-order valence-electron chi connectivity index (χ4n) is 3.41. The molecular weight excluding hydrogens is 308 g/mol. The van der Waals surface area contributed by atoms with Gasteiger partial charge in [0, 0.05) is 57.1 Å². The van der Waals surface area contributed by atoms with Crippen molar-refractivity contribution < 1.29 is 4.79 Å². The van der Waals surface area contributed by atoms with Crippen LogP contribution in [0.4, 0.5) is 5.13 Å². The lowest BCUT2D eigenvalue weighted by molar-refractivity contribution is -0.134. The van der Waals surface area contributed by atoms with Crippen LogP contribution in [0, 0.1) is 11.8 Å². The van der Waals surface area contributed by atoms with E-state index < -0.39 is 0 Å². The Morgan fingerprint density at radius 2 is 2.04 bits per heavy atom. The van der Waals surface area contributed by atoms with Crippen LogP contribution in [-0.2, 0) is 11.3 Å². The van der Waals surface area contributed by atoms with E-state index in [1.165, 1.54) is 18.5 Å². The minimum atomic E-state index is 0.320. The summed E-state index contributed by atoms with van der Waals surface area (Å²) in [6.45, 7) is 6.78. The molecule has 1 aromatic heterocycles. The first-order chi connectivity index (χ1) is 11.1. The lowest BCUT2D eigenvalue weighted by Crippen LogP contribution is -2.48. The standard InChI is InChI=1S/C17H26N4OS/c1-12-9-15(12)16(22)21-7-5-20(6-8-21)10-13-11-23-17(18-13)19(2)14-3-4-14/h11-12,14-15H,3-10H2,1-2H3/t12-,15+/m1/s1. The molecule has 0 radical (unpaired) electrons. The van der Waals surface area contributed by atoms with E-state index in [-0.39, 0.29) is 0 Å². The Kier molecular flexibility index (Phi) is 4.05. The van der Waals surface area contributed by atoms with Gasteiger partial charge in [-0.3, -0.25) is 9.69 Å². The second-order valence-electron chi connectivity index (χ2n) is 7.38. The van der Waals surface area contributed by atoms with Crippen LogP contribution in [0.5, 0.6) is 0 Å². The molecule has 1 aromatic rings. The number of thiazole rings is 1. The van der Waals surface area contributed by atoms with Crippen molar-refractivity contribution in [1.82, 2.24) is 14.8 Å². The molecule has 3 aliphatic rings. The van der Waals surface area contributed by atoms with E-state index in [1.54, 1.807) is 11.3 Å². The van der Waals surface area contributed by atoms with Crippen molar-refractivity contribution in [1.29, 1.82) is 0 Å². The van der Waals surface area contributed by atoms with Crippen LogP contribution in [0.1, 0.15) is 31.9 Å². The number of carbonyl (C=O) groups excluding carboxylic acids is 1. The molecule has 0 bridgehead atoms. The summed E-state index contributed by atoms with van der Waals surface area (Å²) in [7, 11) is 2.16. The number of carbonyl (C=O) groups is 1. The summed E-state index contributed by atoms with van der Waals surface area (Å²) in [5.74, 6) is 1.32. The van der Waals surface area contributed by atoms with E-state index in [9.17, 15) is 4.79 Å². The van der Waals surface area contributed by atoms with Crippen molar-refractivity contribution in [2.45, 2.75) is 38.8 Å². The van der Waals surface area contributed by atoms with Gasteiger partial charge in [0.15, 0.2) is 5.13 Å². The van der Waals surface area contributed by atoms with Gasteiger partial charge in [0.05, 0.1) is 5.69 Å². The monoisotopic (exact) mass is 334 g/mol. The average Bonchev–Trinajstić information content (AvgIpc) is 3.47. The number of anilines is 1. The van der Waals surface area contributed by atoms with Crippen molar-refractivity contribution >= 4 is 22.4 Å². The lowest BCUT2D eigenvalue weighted by atomic mass is 10.2. The molecule has 0 spiro atoms. The number of hydrogen-bond donors (Lipinski definition) is 0. The quantitative estimate of drug-likeness (QED) is 0.826. The molecule has 0 unspecified atom stereocenters. The normalized spacial score (nSPS) is 28.0. The molecule has 1 saturated heterocycles. The highest BCUT2D eigenvalue weighted by Gasteiger charge is 2.41. The minimum absolute atomic E-state index is 0.320. The Bertz CT molecular complexity index is 577. The highest BCUT2D eigenvalue weighted by Crippen LogP contribution is 2.39. The first-order valence-electron chi connectivity index (χ1n) is 8.80. The van der Waals surface area contributed by atoms with Crippen molar-refractivity contribution in [3.05, 3.63) is 11.1 Å². The summed E-state index contributed by atoms with van der Waals surface area (Å²) in [6, 6.07) is 0.716. The molecule has 23 heavy (non-hydrogen) atoms. The van der Waals surface area contributed by atoms with Gasteiger partial charge >= 0.3 is 0 Å². The van der Waals surface area contributed by atoms with E-state index in [2.05, 4.69) is 34.1 Å². The molecule has 5 nitrogen and oxygen atoms in total. The summed E-state index contributed by atoms with van der Waals surface area (Å²) >= 11 is 1.76. The summed E-state index contributed by atoms with van der Waals surface area (Å²) in [4.78, 5) is 23.9. The van der Waals surface area contributed by atoms with Crippen LogP contribution in [0.25, 0.3) is 0 Å². The molecule has 2 aliphatic carbocycles. The maximum Gasteiger partial charge on any atom is 0.226 e. The number of nitrogens with zero attached hydrogens (tertiary/aromatic N) is 4. The Morgan fingerprint density at radius 3 is 2.65 bits per heavy atom. The van der Waals surface area contributed by atoms with Crippen LogP contribution >= 0.6 is 11.3 Å². The number of piperazine rings is 1. The lowest BCUT2D eigenvalue weighted by Gasteiger charge is -2.34. The van der Waals surface area contributed by atoms with Gasteiger partial charge < -0.3 is 9.80 Å². The zero-order valence-electron chi connectivity index (χ0n) is 14.1. The Balaban J connectivity index is 1.27. The number of rotatable bonds is 5. The molecular formula is C17H26N4OS. The van der Waals surface area contributed by atoms with Crippen molar-refractivity contribution in [2.24, 2.45) is 11.8 Å². The second kappa shape index (κ2) is 6.06. The largest absolute Gasteiger partial charge is 0.348 e. The van der Waals surface area contributed by atoms with Gasteiger partial charge in [-0.1, -0.05) is 6.92 Å². The highest BCUT2D eigenvalue weighted by atomic mass is 32.1. The second-order valence-corrected chi connectivity index (χ2v) is 8.22. The minimum Gasteiger partial charge on any atom is -0.348 e. The van der Waals surface area contributed by atoms with E-state index >= 15 is 0 Å². The number of amides is 1. The van der Waals surface area contributed by atoms with Crippen LogP contribution in [-0.4, -0.2) is 60.0 Å². The maximum absolute atomic E-state index is 12.3. The summed E-state index contributed by atoms with van der Waals surface area (Å²) in [6.07, 6.45) is 3.71. The summed E-state index contributed by atoms with van der Waals surface area (Å²) < 4.78 is 0. The van der Waals surface area contributed by atoms with Gasteiger partial charge in [0.1, 0.15) is 0 Å². The molecule has 0 aromatic carbocycles. The molecule has 3 fully saturated rings. The molecule has 1 amide bonds. The first kappa shape index (κ1) is 15.4. The van der Waals surface area contributed by atoms with Crippen LogP contribution in [0.3, 0.4) is 0 Å². The zero-order valence-corrected chi connectivity index (χ0v) is 14.9. The highest BCUT2D eigenvalue weighted by molar-refractivity contribution is 7.13. The fourth-order valence-corrected chi connectivity index (χ4v) is 4.26. The molecule has 2 heterocycles. The third-order valence-corrected chi connectivity index (χ3v) is 6.41. The van der Waals surface area contributed by atoms with Crippen molar-refractivity contribution in [3.63, 3.8) is 0 Å². The smallest absolute Gasteiger partial charge is 0.226 e. The van der Waals surface area contributed by atoms with Crippen molar-refractivity contribution in [2.75, 3.05) is 38.1 Å². The molecule has 126 valence electrons. The molecule has 4 rings (SSSR count). The third kappa shape index (κ3) is 3.38. The van der Waals surface area contributed by atoms with Gasteiger partial charge in [-0.2, -0.15) is 0 Å². The number of hydrogen-bond acceptors (Lipinski definition) is 5. The Hall–Kier alpha value is -1.14. The van der Waals surface area contributed by atoms with Crippen LogP contribution < -0.4 is 4.90 Å². The van der Waals surface area contributed by atoms with Gasteiger partial charge in [0.2, 0.25) is 5.91 Å². The zero-order chi connectivity index (χ0) is 16.0. The SMILES string of the molecule is C[C@@H]1C[C@@H]1C(=O)N1CCN(Cc2csc(N(C)C3CC3)n2)CC1. The summed E-state index contributed by atoms with van der Waals surface area (Å²) in [5.41, 5.74) is 1.17. The Labute approximate surface area is 142 Å². The summed E-state index contributed by atoms with van der Waals surface area (Å²) in [5, 5.41) is 3.34. The molecule has 1 aliphatic heterocycles. The predicted octanol–water partition coefficient (Wildman–Crippen LogP) is 2.04. The van der Waals surface area contributed by atoms with Crippen LogP contribution in [0.2, 0.25) is 0 Å². The fraction of sp³-hybridized carbons (Fsp3) is 0.765. The van der Waals surface area contributed by atoms with E-state index in [1.807, 2.05) is 0 Å². The molecule has 2 atom stereocenters. The van der Waals surface area contributed by atoms with E-state index in [0.29, 0.717) is 23.8 Å². The van der Waals surface area contributed by atoms with Crippen molar-refractivity contribution in [3.8, 4) is 0 Å². The predicted molar refractivity (Wildman–Crippen MR) is 92.7 cm³/mol. The Morgan fingerprint density at radius 1 is 1.35 bits per heavy atom. The van der Waals surface area contributed by atoms with Gasteiger partial charge in [0.25, 0.3) is 0 Å². The van der Waals surface area contributed by atoms with E-state index in [0.717, 1.165) is 44.3 Å². The van der Waals surface area contributed by atoms with E-state index in [4.69, 9.17) is 4.98 Å². The number of aromatic nitrogens is 1. The molecule has 2 saturated carbocycles. The maximum atomic E-state index is 12.3. The average molecular weight is 334 g/mol. The van der Waals surface area contributed by atoms with Gasteiger partial charge in [-0.25, -0.2) is 4.98 Å². The van der Waals surface area contributed by atoms with Gasteiger partial charge in [-0.15, -0.1) is 11.3 Å². The van der Waals surface area contributed by atoms with Crippen LogP contribution in [0.15, 0.2) is 5.38 Å². The molecule has 6 heteroatoms. The first-order valence-corrected chi connectivity index (χ1v) is 9.68. The topological polar surface area (TPSA) is 39.7 Å². The van der Waals surface area contributed by atoms with Gasteiger partial charge in [-0.05, 0) is 25.2 Å². The third-order valence-electron chi connectivity index (χ3n) is 5.43. The molecule has 0 N–H and O–H groups in total.